The zero-order valence-corrected chi connectivity index (χ0v) is 13.1. The lowest BCUT2D eigenvalue weighted by Crippen LogP contribution is -2.37. The number of benzene rings is 1. The second-order valence-electron chi connectivity index (χ2n) is 6.23. The van der Waals surface area contributed by atoms with Crippen LogP contribution in [0.4, 0.5) is 0 Å². The molecule has 1 aromatic carbocycles. The van der Waals surface area contributed by atoms with Crippen LogP contribution < -0.4 is 4.74 Å². The van der Waals surface area contributed by atoms with Crippen LogP contribution in [0.25, 0.3) is 0 Å². The van der Waals surface area contributed by atoms with Crippen LogP contribution in [0, 0.1) is 5.41 Å². The van der Waals surface area contributed by atoms with E-state index < -0.39 is 0 Å². The van der Waals surface area contributed by atoms with E-state index >= 15 is 0 Å². The van der Waals surface area contributed by atoms with Crippen molar-refractivity contribution in [1.29, 1.82) is 0 Å². The van der Waals surface area contributed by atoms with Crippen molar-refractivity contribution in [3.63, 3.8) is 0 Å². The van der Waals surface area contributed by atoms with Crippen LogP contribution in [0.3, 0.4) is 0 Å². The van der Waals surface area contributed by atoms with Gasteiger partial charge in [0.1, 0.15) is 5.75 Å². The van der Waals surface area contributed by atoms with Gasteiger partial charge in [-0.25, -0.2) is 0 Å². The minimum absolute atomic E-state index is 0.0870. The van der Waals surface area contributed by atoms with Crippen molar-refractivity contribution in [2.75, 3.05) is 20.3 Å². The van der Waals surface area contributed by atoms with Crippen LogP contribution in [0.15, 0.2) is 24.3 Å². The molecular weight excluding hydrogens is 268 g/mol. The smallest absolute Gasteiger partial charge is 0.166 e. The summed E-state index contributed by atoms with van der Waals surface area (Å²) in [5.74, 6) is 0.734. The van der Waals surface area contributed by atoms with Crippen molar-refractivity contribution in [2.45, 2.75) is 39.4 Å². The first-order valence-corrected chi connectivity index (χ1v) is 7.41. The van der Waals surface area contributed by atoms with Gasteiger partial charge < -0.3 is 14.2 Å². The summed E-state index contributed by atoms with van der Waals surface area (Å²) in [7, 11) is 1.58. The lowest BCUT2D eigenvalue weighted by Gasteiger charge is -2.34. The largest absolute Gasteiger partial charge is 0.496 e. The molecule has 0 atom stereocenters. The summed E-state index contributed by atoms with van der Waals surface area (Å²) in [6.45, 7) is 5.65. The number of hydrogen-bond donors (Lipinski definition) is 0. The molecule has 0 N–H and O–H groups in total. The first-order valence-electron chi connectivity index (χ1n) is 7.41. The summed E-state index contributed by atoms with van der Waals surface area (Å²) < 4.78 is 16.6. The number of carbonyl (C=O) groups excluding carboxylic acids is 1. The van der Waals surface area contributed by atoms with Gasteiger partial charge in [0, 0.05) is 11.8 Å². The molecule has 1 aliphatic rings. The van der Waals surface area contributed by atoms with E-state index in [0.717, 1.165) is 12.8 Å². The molecule has 116 valence electrons. The molecule has 1 heterocycles. The first-order chi connectivity index (χ1) is 10.0. The lowest BCUT2D eigenvalue weighted by atomic mass is 9.95. The standard InChI is InChI=1S/C17H24O4/c1-17(2)11-20-16(21-12-17)10-6-8-14(18)13-7-4-5-9-15(13)19-3/h4-5,7,9,16H,6,8,10-12H2,1-3H3. The van der Waals surface area contributed by atoms with Crippen molar-refractivity contribution < 1.29 is 19.0 Å². The van der Waals surface area contributed by atoms with Gasteiger partial charge in [0.2, 0.25) is 0 Å². The Morgan fingerprint density at radius 1 is 1.29 bits per heavy atom. The summed E-state index contributed by atoms with van der Waals surface area (Å²) in [5.41, 5.74) is 0.732. The number of ether oxygens (including phenoxy) is 3. The molecule has 2 rings (SSSR count). The summed E-state index contributed by atoms with van der Waals surface area (Å²) in [6, 6.07) is 7.33. The van der Waals surface area contributed by atoms with E-state index in [-0.39, 0.29) is 17.5 Å². The number of para-hydroxylation sites is 1. The van der Waals surface area contributed by atoms with Crippen molar-refractivity contribution in [1.82, 2.24) is 0 Å². The number of methoxy groups -OCH3 is 1. The van der Waals surface area contributed by atoms with Crippen LogP contribution >= 0.6 is 0 Å². The maximum absolute atomic E-state index is 12.2. The summed E-state index contributed by atoms with van der Waals surface area (Å²) in [6.07, 6.45) is 1.80. The third kappa shape index (κ3) is 4.55. The third-order valence-electron chi connectivity index (χ3n) is 3.57. The monoisotopic (exact) mass is 292 g/mol. The summed E-state index contributed by atoms with van der Waals surface area (Å²) >= 11 is 0. The molecule has 4 heteroatoms. The van der Waals surface area contributed by atoms with Gasteiger partial charge >= 0.3 is 0 Å². The topological polar surface area (TPSA) is 44.8 Å². The molecule has 0 unspecified atom stereocenters. The van der Waals surface area contributed by atoms with Crippen molar-refractivity contribution in [2.24, 2.45) is 5.41 Å². The predicted octanol–water partition coefficient (Wildman–Crippen LogP) is 3.45. The lowest BCUT2D eigenvalue weighted by molar-refractivity contribution is -0.223. The van der Waals surface area contributed by atoms with Crippen molar-refractivity contribution in [3.05, 3.63) is 29.8 Å². The average molecular weight is 292 g/mol. The molecular formula is C17H24O4. The molecule has 4 nitrogen and oxygen atoms in total. The molecule has 0 spiro atoms. The fourth-order valence-corrected chi connectivity index (χ4v) is 2.33. The van der Waals surface area contributed by atoms with E-state index in [0.29, 0.717) is 30.9 Å². The zero-order chi connectivity index (χ0) is 15.3. The second kappa shape index (κ2) is 7.05. The molecule has 0 amide bonds. The van der Waals surface area contributed by atoms with Gasteiger partial charge in [0.25, 0.3) is 0 Å². The molecule has 0 radical (unpaired) electrons. The maximum Gasteiger partial charge on any atom is 0.166 e. The highest BCUT2D eigenvalue weighted by molar-refractivity contribution is 5.98. The van der Waals surface area contributed by atoms with Gasteiger partial charge in [-0.2, -0.15) is 0 Å². The highest BCUT2D eigenvalue weighted by Gasteiger charge is 2.28. The first kappa shape index (κ1) is 16.0. The number of carbonyl (C=O) groups is 1. The molecule has 0 aromatic heterocycles. The Kier molecular flexibility index (Phi) is 5.37. The number of ketones is 1. The van der Waals surface area contributed by atoms with E-state index in [9.17, 15) is 4.79 Å². The van der Waals surface area contributed by atoms with Crippen molar-refractivity contribution in [3.8, 4) is 5.75 Å². The molecule has 1 aromatic rings. The van der Waals surface area contributed by atoms with Gasteiger partial charge in [-0.15, -0.1) is 0 Å². The Hall–Kier alpha value is -1.39. The van der Waals surface area contributed by atoms with Gasteiger partial charge in [0.15, 0.2) is 12.1 Å². The van der Waals surface area contributed by atoms with Crippen LogP contribution in [0.1, 0.15) is 43.5 Å². The minimum Gasteiger partial charge on any atom is -0.496 e. The zero-order valence-electron chi connectivity index (χ0n) is 13.1. The quantitative estimate of drug-likeness (QED) is 0.753. The van der Waals surface area contributed by atoms with Crippen LogP contribution in [-0.4, -0.2) is 32.4 Å². The van der Waals surface area contributed by atoms with Gasteiger partial charge in [-0.05, 0) is 25.0 Å². The second-order valence-corrected chi connectivity index (χ2v) is 6.23. The van der Waals surface area contributed by atoms with E-state index in [4.69, 9.17) is 14.2 Å². The highest BCUT2D eigenvalue weighted by Crippen LogP contribution is 2.25. The summed E-state index contributed by atoms with van der Waals surface area (Å²) in [4.78, 5) is 12.2. The average Bonchev–Trinajstić information content (AvgIpc) is 2.48. The van der Waals surface area contributed by atoms with Crippen LogP contribution in [0.5, 0.6) is 5.75 Å². The van der Waals surface area contributed by atoms with E-state index in [1.165, 1.54) is 0 Å². The molecule has 0 aliphatic carbocycles. The molecule has 1 fully saturated rings. The summed E-state index contributed by atoms with van der Waals surface area (Å²) in [5, 5.41) is 0. The number of Topliss-reactive ketones (excluding diaryl/α,β-unsaturated/α-hetero) is 1. The van der Waals surface area contributed by atoms with E-state index in [2.05, 4.69) is 13.8 Å². The molecule has 0 saturated carbocycles. The molecule has 1 aliphatic heterocycles. The number of hydrogen-bond acceptors (Lipinski definition) is 4. The Labute approximate surface area is 126 Å². The molecule has 0 bridgehead atoms. The fraction of sp³-hybridized carbons (Fsp3) is 0.588. The van der Waals surface area contributed by atoms with Crippen molar-refractivity contribution >= 4 is 5.78 Å². The highest BCUT2D eigenvalue weighted by atomic mass is 16.7. The number of rotatable bonds is 6. The Bertz CT molecular complexity index is 471. The molecule has 1 saturated heterocycles. The Morgan fingerprint density at radius 3 is 2.62 bits per heavy atom. The molecule has 21 heavy (non-hydrogen) atoms. The van der Waals surface area contributed by atoms with Crippen LogP contribution in [0.2, 0.25) is 0 Å². The fourth-order valence-electron chi connectivity index (χ4n) is 2.33. The van der Waals surface area contributed by atoms with Gasteiger partial charge in [0.05, 0.1) is 25.9 Å². The predicted molar refractivity (Wildman–Crippen MR) is 80.6 cm³/mol. The Morgan fingerprint density at radius 2 is 1.95 bits per heavy atom. The van der Waals surface area contributed by atoms with Gasteiger partial charge in [-0.3, -0.25) is 4.79 Å². The maximum atomic E-state index is 12.2. The normalized spacial score (nSPS) is 18.4. The minimum atomic E-state index is -0.177. The SMILES string of the molecule is COc1ccccc1C(=O)CCCC1OCC(C)(C)CO1. The van der Waals surface area contributed by atoms with E-state index in [1.807, 2.05) is 18.2 Å². The third-order valence-corrected chi connectivity index (χ3v) is 3.57. The van der Waals surface area contributed by atoms with E-state index in [1.54, 1.807) is 13.2 Å². The van der Waals surface area contributed by atoms with Gasteiger partial charge in [-0.1, -0.05) is 26.0 Å². The Balaban J connectivity index is 1.77. The van der Waals surface area contributed by atoms with Crippen LogP contribution in [-0.2, 0) is 9.47 Å².